The summed E-state index contributed by atoms with van der Waals surface area (Å²) >= 11 is 0. The number of rotatable bonds is 6. The number of carbonyl (C=O) groups excluding carboxylic acids is 1. The van der Waals surface area contributed by atoms with E-state index in [0.717, 1.165) is 12.2 Å². The summed E-state index contributed by atoms with van der Waals surface area (Å²) in [4.78, 5) is 16.0. The van der Waals surface area contributed by atoms with Gasteiger partial charge in [0.2, 0.25) is 0 Å². The first-order valence-corrected chi connectivity index (χ1v) is 6.44. The number of aromatic nitrogens is 1. The molecule has 2 N–H and O–H groups in total. The average Bonchev–Trinajstić information content (AvgIpc) is 2.33. The van der Waals surface area contributed by atoms with Crippen LogP contribution in [0.25, 0.3) is 0 Å². The van der Waals surface area contributed by atoms with Crippen LogP contribution in [0.3, 0.4) is 0 Å². The molecule has 1 amide bonds. The molecule has 0 bridgehead atoms. The SMILES string of the molecule is COCCCNC(=O)c1ccc(NC(C)(C)C)nc1. The molecule has 0 aliphatic heterocycles. The van der Waals surface area contributed by atoms with Gasteiger partial charge < -0.3 is 15.4 Å². The van der Waals surface area contributed by atoms with Gasteiger partial charge in [-0.25, -0.2) is 4.98 Å². The van der Waals surface area contributed by atoms with E-state index in [4.69, 9.17) is 4.74 Å². The minimum Gasteiger partial charge on any atom is -0.385 e. The van der Waals surface area contributed by atoms with E-state index >= 15 is 0 Å². The van der Waals surface area contributed by atoms with Crippen molar-refractivity contribution in [1.29, 1.82) is 0 Å². The van der Waals surface area contributed by atoms with Gasteiger partial charge in [-0.05, 0) is 39.3 Å². The van der Waals surface area contributed by atoms with Gasteiger partial charge in [0.05, 0.1) is 5.56 Å². The molecule has 0 fully saturated rings. The van der Waals surface area contributed by atoms with Gasteiger partial charge >= 0.3 is 0 Å². The Morgan fingerprint density at radius 3 is 2.63 bits per heavy atom. The summed E-state index contributed by atoms with van der Waals surface area (Å²) in [5.74, 6) is 0.661. The molecule has 1 aromatic rings. The van der Waals surface area contributed by atoms with E-state index in [2.05, 4.69) is 36.4 Å². The monoisotopic (exact) mass is 265 g/mol. The predicted molar refractivity (Wildman–Crippen MR) is 76.4 cm³/mol. The molecule has 1 heterocycles. The van der Waals surface area contributed by atoms with E-state index in [9.17, 15) is 4.79 Å². The smallest absolute Gasteiger partial charge is 0.252 e. The zero-order valence-electron chi connectivity index (χ0n) is 12.1. The number of methoxy groups -OCH3 is 1. The Bertz CT molecular complexity index is 396. The number of nitrogens with zero attached hydrogens (tertiary/aromatic N) is 1. The lowest BCUT2D eigenvalue weighted by Crippen LogP contribution is -2.27. The molecule has 19 heavy (non-hydrogen) atoms. The number of carbonyl (C=O) groups is 1. The Labute approximate surface area is 114 Å². The van der Waals surface area contributed by atoms with Gasteiger partial charge in [0.25, 0.3) is 5.91 Å². The Morgan fingerprint density at radius 1 is 1.37 bits per heavy atom. The number of amides is 1. The molecule has 106 valence electrons. The molecule has 0 saturated carbocycles. The van der Waals surface area contributed by atoms with E-state index in [1.54, 1.807) is 19.4 Å². The number of ether oxygens (including phenoxy) is 1. The van der Waals surface area contributed by atoms with Crippen LogP contribution in [0, 0.1) is 0 Å². The molecule has 0 aromatic carbocycles. The molecule has 5 heteroatoms. The van der Waals surface area contributed by atoms with Gasteiger partial charge in [-0.3, -0.25) is 4.79 Å². The van der Waals surface area contributed by atoms with Crippen LogP contribution in [0.5, 0.6) is 0 Å². The van der Waals surface area contributed by atoms with E-state index < -0.39 is 0 Å². The maximum Gasteiger partial charge on any atom is 0.252 e. The molecule has 0 radical (unpaired) electrons. The second-order valence-corrected chi connectivity index (χ2v) is 5.41. The van der Waals surface area contributed by atoms with Crippen molar-refractivity contribution in [2.24, 2.45) is 0 Å². The van der Waals surface area contributed by atoms with Crippen LogP contribution in [-0.2, 0) is 4.74 Å². The minimum atomic E-state index is -0.106. The summed E-state index contributed by atoms with van der Waals surface area (Å²) < 4.78 is 4.92. The summed E-state index contributed by atoms with van der Waals surface area (Å²) in [7, 11) is 1.65. The van der Waals surface area contributed by atoms with Crippen molar-refractivity contribution in [3.05, 3.63) is 23.9 Å². The first kappa shape index (κ1) is 15.4. The minimum absolute atomic E-state index is 0.0447. The fraction of sp³-hybridized carbons (Fsp3) is 0.571. The molecule has 1 aromatic heterocycles. The second kappa shape index (κ2) is 7.09. The molecule has 0 atom stereocenters. The molecular formula is C14H23N3O2. The van der Waals surface area contributed by atoms with Crippen molar-refractivity contribution in [2.45, 2.75) is 32.7 Å². The highest BCUT2D eigenvalue weighted by atomic mass is 16.5. The lowest BCUT2D eigenvalue weighted by Gasteiger charge is -2.21. The van der Waals surface area contributed by atoms with Crippen molar-refractivity contribution in [3.63, 3.8) is 0 Å². The lowest BCUT2D eigenvalue weighted by molar-refractivity contribution is 0.0948. The molecule has 1 rings (SSSR count). The van der Waals surface area contributed by atoms with Gasteiger partial charge in [0, 0.05) is 32.0 Å². The lowest BCUT2D eigenvalue weighted by atomic mass is 10.1. The van der Waals surface area contributed by atoms with Crippen LogP contribution in [-0.4, -0.2) is 36.7 Å². The Hall–Kier alpha value is -1.62. The highest BCUT2D eigenvalue weighted by Crippen LogP contribution is 2.12. The molecule has 0 saturated heterocycles. The Morgan fingerprint density at radius 2 is 2.11 bits per heavy atom. The van der Waals surface area contributed by atoms with Crippen LogP contribution in [0.4, 0.5) is 5.82 Å². The summed E-state index contributed by atoms with van der Waals surface area (Å²) in [6, 6.07) is 3.59. The van der Waals surface area contributed by atoms with E-state index in [1.807, 2.05) is 6.07 Å². The highest BCUT2D eigenvalue weighted by Gasteiger charge is 2.11. The Balaban J connectivity index is 2.49. The van der Waals surface area contributed by atoms with Crippen molar-refractivity contribution < 1.29 is 9.53 Å². The first-order valence-electron chi connectivity index (χ1n) is 6.44. The van der Waals surface area contributed by atoms with Crippen LogP contribution in [0.1, 0.15) is 37.6 Å². The number of nitrogens with one attached hydrogen (secondary N) is 2. The molecular weight excluding hydrogens is 242 g/mol. The van der Waals surface area contributed by atoms with Gasteiger partial charge in [0.15, 0.2) is 0 Å². The van der Waals surface area contributed by atoms with Crippen molar-refractivity contribution in [3.8, 4) is 0 Å². The summed E-state index contributed by atoms with van der Waals surface area (Å²) in [5, 5.41) is 6.07. The maximum absolute atomic E-state index is 11.8. The highest BCUT2D eigenvalue weighted by molar-refractivity contribution is 5.94. The summed E-state index contributed by atoms with van der Waals surface area (Å²) in [6.07, 6.45) is 2.39. The van der Waals surface area contributed by atoms with Gasteiger partial charge in [0.1, 0.15) is 5.82 Å². The van der Waals surface area contributed by atoms with Crippen molar-refractivity contribution >= 4 is 11.7 Å². The van der Waals surface area contributed by atoms with Gasteiger partial charge in [-0.2, -0.15) is 0 Å². The van der Waals surface area contributed by atoms with Crippen LogP contribution in [0.2, 0.25) is 0 Å². The molecule has 0 aliphatic carbocycles. The van der Waals surface area contributed by atoms with Crippen LogP contribution < -0.4 is 10.6 Å². The zero-order chi connectivity index (χ0) is 14.3. The predicted octanol–water partition coefficient (Wildman–Crippen LogP) is 2.06. The quantitative estimate of drug-likeness (QED) is 0.773. The summed E-state index contributed by atoms with van der Waals surface area (Å²) in [6.45, 7) is 7.43. The van der Waals surface area contributed by atoms with Crippen LogP contribution >= 0.6 is 0 Å². The molecule has 0 spiro atoms. The average molecular weight is 265 g/mol. The topological polar surface area (TPSA) is 63.2 Å². The molecule has 0 aliphatic rings. The third kappa shape index (κ3) is 6.20. The standard InChI is InChI=1S/C14H23N3O2/c1-14(2,3)17-12-7-6-11(10-16-12)13(18)15-8-5-9-19-4/h6-7,10H,5,8-9H2,1-4H3,(H,15,18)(H,16,17). The van der Waals surface area contributed by atoms with Crippen LogP contribution in [0.15, 0.2) is 18.3 Å². The first-order chi connectivity index (χ1) is 8.92. The van der Waals surface area contributed by atoms with Crippen molar-refractivity contribution in [1.82, 2.24) is 10.3 Å². The second-order valence-electron chi connectivity index (χ2n) is 5.41. The fourth-order valence-corrected chi connectivity index (χ4v) is 1.51. The molecule has 5 nitrogen and oxygen atoms in total. The molecule has 0 unspecified atom stereocenters. The maximum atomic E-state index is 11.8. The van der Waals surface area contributed by atoms with Gasteiger partial charge in [-0.1, -0.05) is 0 Å². The number of hydrogen-bond donors (Lipinski definition) is 2. The van der Waals surface area contributed by atoms with Gasteiger partial charge in [-0.15, -0.1) is 0 Å². The summed E-state index contributed by atoms with van der Waals surface area (Å²) in [5.41, 5.74) is 0.522. The number of hydrogen-bond acceptors (Lipinski definition) is 4. The van der Waals surface area contributed by atoms with Crippen molar-refractivity contribution in [2.75, 3.05) is 25.6 Å². The van der Waals surface area contributed by atoms with E-state index in [1.165, 1.54) is 0 Å². The van der Waals surface area contributed by atoms with E-state index in [-0.39, 0.29) is 11.4 Å². The fourth-order valence-electron chi connectivity index (χ4n) is 1.51. The normalized spacial score (nSPS) is 11.2. The van der Waals surface area contributed by atoms with E-state index in [0.29, 0.717) is 18.7 Å². The zero-order valence-corrected chi connectivity index (χ0v) is 12.1. The third-order valence-electron chi connectivity index (χ3n) is 2.34. The Kier molecular flexibility index (Phi) is 5.76. The third-order valence-corrected chi connectivity index (χ3v) is 2.34. The number of pyridine rings is 1. The largest absolute Gasteiger partial charge is 0.385 e. The number of anilines is 1.